The molecule has 3 rings (SSSR count). The fraction of sp³-hybridized carbons (Fsp3) is 0.250. The van der Waals surface area contributed by atoms with E-state index in [2.05, 4.69) is 5.32 Å². The van der Waals surface area contributed by atoms with Crippen molar-refractivity contribution in [3.05, 3.63) is 70.8 Å². The van der Waals surface area contributed by atoms with Crippen molar-refractivity contribution in [3.8, 4) is 0 Å². The molecule has 0 spiro atoms. The summed E-state index contributed by atoms with van der Waals surface area (Å²) in [5.41, 5.74) is 1.96. The first-order valence-corrected chi connectivity index (χ1v) is 8.13. The van der Waals surface area contributed by atoms with Gasteiger partial charge in [-0.3, -0.25) is 14.5 Å². The van der Waals surface area contributed by atoms with Crippen molar-refractivity contribution >= 4 is 17.7 Å². The minimum atomic E-state index is -1.15. The Bertz CT molecular complexity index is 860. The minimum absolute atomic E-state index is 0.252. The van der Waals surface area contributed by atoms with Gasteiger partial charge in [0.1, 0.15) is 5.54 Å². The summed E-state index contributed by atoms with van der Waals surface area (Å²) in [6.07, 6.45) is 0. The Balaban J connectivity index is 1.85. The van der Waals surface area contributed by atoms with E-state index in [0.717, 1.165) is 16.0 Å². The van der Waals surface area contributed by atoms with Crippen molar-refractivity contribution in [2.45, 2.75) is 26.3 Å². The maximum absolute atomic E-state index is 12.8. The predicted molar refractivity (Wildman–Crippen MR) is 94.3 cm³/mol. The molecule has 1 atom stereocenters. The Morgan fingerprint density at radius 3 is 2.40 bits per heavy atom. The van der Waals surface area contributed by atoms with Gasteiger partial charge in [-0.25, -0.2) is 4.79 Å². The molecule has 1 aliphatic rings. The quantitative estimate of drug-likeness (QED) is 0.689. The van der Waals surface area contributed by atoms with Gasteiger partial charge in [-0.1, -0.05) is 54.1 Å². The lowest BCUT2D eigenvalue weighted by Crippen LogP contribution is -2.41. The largest absolute Gasteiger partial charge is 0.325 e. The monoisotopic (exact) mass is 336 g/mol. The summed E-state index contributed by atoms with van der Waals surface area (Å²) in [7, 11) is 0. The summed E-state index contributed by atoms with van der Waals surface area (Å²) in [6.45, 7) is 5.19. The first-order valence-electron chi connectivity index (χ1n) is 8.13. The number of hydrogen-bond acceptors (Lipinski definition) is 3. The predicted octanol–water partition coefficient (Wildman–Crippen LogP) is 2.95. The number of aryl methyl sites for hydroxylation is 2. The Kier molecular flexibility index (Phi) is 4.17. The second-order valence-corrected chi connectivity index (χ2v) is 6.55. The highest BCUT2D eigenvalue weighted by atomic mass is 16.2. The molecule has 0 aromatic heterocycles. The van der Waals surface area contributed by atoms with Gasteiger partial charge < -0.3 is 5.32 Å². The lowest BCUT2D eigenvalue weighted by atomic mass is 9.92. The number of benzene rings is 2. The smallest absolute Gasteiger partial charge is 0.319 e. The van der Waals surface area contributed by atoms with Crippen molar-refractivity contribution in [2.75, 3.05) is 6.54 Å². The van der Waals surface area contributed by atoms with Gasteiger partial charge in [0.2, 0.25) is 0 Å². The number of ketones is 1. The lowest BCUT2D eigenvalue weighted by Gasteiger charge is -2.22. The molecule has 0 saturated carbocycles. The van der Waals surface area contributed by atoms with E-state index in [0.29, 0.717) is 11.1 Å². The highest BCUT2D eigenvalue weighted by Gasteiger charge is 2.49. The molecule has 1 heterocycles. The molecule has 5 nitrogen and oxygen atoms in total. The zero-order valence-electron chi connectivity index (χ0n) is 14.5. The number of imide groups is 1. The summed E-state index contributed by atoms with van der Waals surface area (Å²) in [6, 6.07) is 14.0. The Hall–Kier alpha value is -2.95. The van der Waals surface area contributed by atoms with E-state index in [1.807, 2.05) is 44.2 Å². The van der Waals surface area contributed by atoms with Gasteiger partial charge in [0.05, 0.1) is 6.54 Å². The molecule has 0 unspecified atom stereocenters. The summed E-state index contributed by atoms with van der Waals surface area (Å²) in [5.74, 6) is -0.667. The van der Waals surface area contributed by atoms with Gasteiger partial charge in [0.15, 0.2) is 5.78 Å². The van der Waals surface area contributed by atoms with Crippen LogP contribution in [0.4, 0.5) is 4.79 Å². The van der Waals surface area contributed by atoms with Gasteiger partial charge in [-0.05, 0) is 31.9 Å². The average molecular weight is 336 g/mol. The number of carbonyl (C=O) groups excluding carboxylic acids is 3. The van der Waals surface area contributed by atoms with E-state index in [1.54, 1.807) is 25.1 Å². The lowest BCUT2D eigenvalue weighted by molar-refractivity contribution is -0.130. The van der Waals surface area contributed by atoms with Crippen LogP contribution in [0.2, 0.25) is 0 Å². The van der Waals surface area contributed by atoms with Crippen molar-refractivity contribution in [1.82, 2.24) is 10.2 Å². The summed E-state index contributed by atoms with van der Waals surface area (Å²) in [4.78, 5) is 38.7. The number of carbonyl (C=O) groups is 3. The third-order valence-electron chi connectivity index (χ3n) is 4.61. The number of amides is 3. The molecule has 2 aromatic carbocycles. The van der Waals surface area contributed by atoms with Crippen LogP contribution in [-0.4, -0.2) is 29.2 Å². The van der Waals surface area contributed by atoms with Gasteiger partial charge >= 0.3 is 6.03 Å². The molecular weight excluding hydrogens is 316 g/mol. The van der Waals surface area contributed by atoms with Crippen molar-refractivity contribution in [1.29, 1.82) is 0 Å². The van der Waals surface area contributed by atoms with Crippen LogP contribution in [0.5, 0.6) is 0 Å². The first-order chi connectivity index (χ1) is 11.8. The van der Waals surface area contributed by atoms with Crippen LogP contribution in [-0.2, 0) is 10.3 Å². The van der Waals surface area contributed by atoms with Crippen LogP contribution in [0.3, 0.4) is 0 Å². The first kappa shape index (κ1) is 16.9. The average Bonchev–Trinajstić information content (AvgIpc) is 2.80. The van der Waals surface area contributed by atoms with Crippen LogP contribution in [0.15, 0.2) is 48.5 Å². The van der Waals surface area contributed by atoms with E-state index < -0.39 is 17.5 Å². The fourth-order valence-corrected chi connectivity index (χ4v) is 3.16. The van der Waals surface area contributed by atoms with Gasteiger partial charge in [0, 0.05) is 5.56 Å². The maximum Gasteiger partial charge on any atom is 0.325 e. The highest BCUT2D eigenvalue weighted by molar-refractivity contribution is 6.11. The standard InChI is InChI=1S/C20H20N2O3/c1-13-9-10-16(14(2)11-13)17(23)12-22-18(24)20(3,21-19(22)25)15-7-5-4-6-8-15/h4-11H,12H2,1-3H3,(H,21,25)/t20-/m0/s1. The molecule has 1 saturated heterocycles. The molecule has 2 aromatic rings. The molecule has 3 amide bonds. The Morgan fingerprint density at radius 2 is 1.76 bits per heavy atom. The molecule has 1 aliphatic heterocycles. The molecule has 128 valence electrons. The van der Waals surface area contributed by atoms with E-state index in [1.165, 1.54) is 0 Å². The van der Waals surface area contributed by atoms with Crippen LogP contribution >= 0.6 is 0 Å². The van der Waals surface area contributed by atoms with Crippen molar-refractivity contribution < 1.29 is 14.4 Å². The maximum atomic E-state index is 12.8. The van der Waals surface area contributed by atoms with Gasteiger partial charge in [-0.15, -0.1) is 0 Å². The Labute approximate surface area is 146 Å². The second kappa shape index (κ2) is 6.16. The molecule has 1 N–H and O–H groups in total. The van der Waals surface area contributed by atoms with E-state index >= 15 is 0 Å². The second-order valence-electron chi connectivity index (χ2n) is 6.55. The SMILES string of the molecule is Cc1ccc(C(=O)CN2C(=O)N[C@@](C)(c3ccccc3)C2=O)c(C)c1. The number of nitrogens with one attached hydrogen (secondary N) is 1. The molecule has 0 aliphatic carbocycles. The minimum Gasteiger partial charge on any atom is -0.319 e. The molecule has 0 bridgehead atoms. The van der Waals surface area contributed by atoms with Gasteiger partial charge in [-0.2, -0.15) is 0 Å². The van der Waals surface area contributed by atoms with E-state index in [9.17, 15) is 14.4 Å². The summed E-state index contributed by atoms with van der Waals surface area (Å²) >= 11 is 0. The van der Waals surface area contributed by atoms with Crippen LogP contribution in [0.1, 0.15) is 34.0 Å². The Morgan fingerprint density at radius 1 is 1.08 bits per heavy atom. The number of nitrogens with zero attached hydrogens (tertiary/aromatic N) is 1. The van der Waals surface area contributed by atoms with Crippen LogP contribution < -0.4 is 5.32 Å². The zero-order chi connectivity index (χ0) is 18.2. The summed E-state index contributed by atoms with van der Waals surface area (Å²) in [5, 5.41) is 2.71. The van der Waals surface area contributed by atoms with E-state index in [4.69, 9.17) is 0 Å². The highest BCUT2D eigenvalue weighted by Crippen LogP contribution is 2.28. The molecular formula is C20H20N2O3. The number of rotatable bonds is 4. The normalized spacial score (nSPS) is 19.9. The molecule has 1 fully saturated rings. The van der Waals surface area contributed by atoms with Crippen molar-refractivity contribution in [2.24, 2.45) is 0 Å². The van der Waals surface area contributed by atoms with Crippen molar-refractivity contribution in [3.63, 3.8) is 0 Å². The van der Waals surface area contributed by atoms with Crippen LogP contribution in [0.25, 0.3) is 0 Å². The molecule has 0 radical (unpaired) electrons. The van der Waals surface area contributed by atoms with Crippen LogP contribution in [0, 0.1) is 13.8 Å². The third kappa shape index (κ3) is 2.93. The molecule has 5 heteroatoms. The molecule has 25 heavy (non-hydrogen) atoms. The number of urea groups is 1. The van der Waals surface area contributed by atoms with E-state index in [-0.39, 0.29) is 12.3 Å². The summed E-state index contributed by atoms with van der Waals surface area (Å²) < 4.78 is 0. The third-order valence-corrected chi connectivity index (χ3v) is 4.61. The number of Topliss-reactive ketones (excluding diaryl/α,β-unsaturated/α-hetero) is 1. The zero-order valence-corrected chi connectivity index (χ0v) is 14.5. The fourth-order valence-electron chi connectivity index (χ4n) is 3.16. The number of hydrogen-bond donors (Lipinski definition) is 1. The topological polar surface area (TPSA) is 66.5 Å². The van der Waals surface area contributed by atoms with Gasteiger partial charge in [0.25, 0.3) is 5.91 Å².